The van der Waals surface area contributed by atoms with Crippen molar-refractivity contribution >= 4 is 6.03 Å². The van der Waals surface area contributed by atoms with Crippen LogP contribution in [-0.4, -0.2) is 17.1 Å². The number of hydrogen-bond acceptors (Lipinski definition) is 4. The highest BCUT2D eigenvalue weighted by molar-refractivity contribution is 5.73. The van der Waals surface area contributed by atoms with E-state index >= 15 is 0 Å². The largest absolute Gasteiger partial charge is 0.490 e. The zero-order valence-corrected chi connectivity index (χ0v) is 13.9. The molecule has 6 heteroatoms. The van der Waals surface area contributed by atoms with Crippen LogP contribution < -0.4 is 15.4 Å². The molecule has 6 nitrogen and oxygen atoms in total. The predicted molar refractivity (Wildman–Crippen MR) is 89.6 cm³/mol. The van der Waals surface area contributed by atoms with E-state index in [4.69, 9.17) is 9.15 Å². The van der Waals surface area contributed by atoms with Gasteiger partial charge in [-0.25, -0.2) is 9.78 Å². The molecule has 0 atom stereocenters. The van der Waals surface area contributed by atoms with Crippen molar-refractivity contribution < 1.29 is 13.9 Å². The van der Waals surface area contributed by atoms with Gasteiger partial charge < -0.3 is 19.8 Å². The van der Waals surface area contributed by atoms with Crippen molar-refractivity contribution in [3.63, 3.8) is 0 Å². The van der Waals surface area contributed by atoms with E-state index in [2.05, 4.69) is 15.6 Å². The van der Waals surface area contributed by atoms with Gasteiger partial charge in [0.05, 0.1) is 18.3 Å². The van der Waals surface area contributed by atoms with Crippen LogP contribution in [0.3, 0.4) is 0 Å². The summed E-state index contributed by atoms with van der Waals surface area (Å²) in [5.41, 5.74) is 1.76. The Morgan fingerprint density at radius 1 is 1.25 bits per heavy atom. The van der Waals surface area contributed by atoms with Crippen LogP contribution in [0.4, 0.5) is 4.79 Å². The van der Waals surface area contributed by atoms with Crippen molar-refractivity contribution in [1.82, 2.24) is 15.6 Å². The first-order valence-electron chi connectivity index (χ1n) is 8.37. The average molecular weight is 329 g/mol. The first-order valence-corrected chi connectivity index (χ1v) is 8.37. The number of rotatable bonds is 6. The molecular weight excluding hydrogens is 306 g/mol. The third-order valence-electron chi connectivity index (χ3n) is 4.26. The van der Waals surface area contributed by atoms with Gasteiger partial charge in [-0.1, -0.05) is 18.2 Å². The van der Waals surface area contributed by atoms with Crippen LogP contribution >= 0.6 is 0 Å². The summed E-state index contributed by atoms with van der Waals surface area (Å²) >= 11 is 0. The van der Waals surface area contributed by atoms with Crippen molar-refractivity contribution in [2.24, 2.45) is 0 Å². The van der Waals surface area contributed by atoms with E-state index < -0.39 is 0 Å². The lowest BCUT2D eigenvalue weighted by atomic mass is 10.2. The Morgan fingerprint density at radius 3 is 2.75 bits per heavy atom. The second-order valence-corrected chi connectivity index (χ2v) is 6.03. The molecule has 1 heterocycles. The number of aryl methyl sites for hydroxylation is 1. The fourth-order valence-corrected chi connectivity index (χ4v) is 2.85. The van der Waals surface area contributed by atoms with Gasteiger partial charge in [0, 0.05) is 12.1 Å². The summed E-state index contributed by atoms with van der Waals surface area (Å²) in [5.74, 6) is 1.52. The van der Waals surface area contributed by atoms with Gasteiger partial charge >= 0.3 is 6.03 Å². The zero-order valence-electron chi connectivity index (χ0n) is 13.9. The molecule has 1 fully saturated rings. The quantitative estimate of drug-likeness (QED) is 0.852. The number of carbonyl (C=O) groups is 1. The van der Waals surface area contributed by atoms with E-state index in [0.29, 0.717) is 25.0 Å². The average Bonchev–Trinajstić information content (AvgIpc) is 3.24. The molecule has 0 unspecified atom stereocenters. The number of aromatic nitrogens is 1. The van der Waals surface area contributed by atoms with Crippen LogP contribution in [0, 0.1) is 6.92 Å². The number of benzene rings is 1. The fourth-order valence-electron chi connectivity index (χ4n) is 2.85. The van der Waals surface area contributed by atoms with Crippen LogP contribution in [0.25, 0.3) is 0 Å². The van der Waals surface area contributed by atoms with E-state index in [1.54, 1.807) is 0 Å². The number of nitrogens with one attached hydrogen (secondary N) is 2. The van der Waals surface area contributed by atoms with Crippen molar-refractivity contribution in [2.75, 3.05) is 0 Å². The molecule has 0 radical (unpaired) electrons. The standard InChI is InChI=1S/C18H23N3O3/c1-13-17(23-12-21-13)11-20-18(22)19-10-14-6-2-5-9-16(14)24-15-7-3-4-8-15/h2,5-6,9,12,15H,3-4,7-8,10-11H2,1H3,(H2,19,20,22). The topological polar surface area (TPSA) is 76.4 Å². The first-order chi connectivity index (χ1) is 11.7. The summed E-state index contributed by atoms with van der Waals surface area (Å²) < 4.78 is 11.3. The van der Waals surface area contributed by atoms with Crippen LogP contribution in [0.15, 0.2) is 35.1 Å². The minimum absolute atomic E-state index is 0.249. The van der Waals surface area contributed by atoms with E-state index in [1.165, 1.54) is 19.2 Å². The minimum atomic E-state index is -0.249. The number of ether oxygens (including phenoxy) is 1. The van der Waals surface area contributed by atoms with Crippen LogP contribution in [0.1, 0.15) is 42.7 Å². The van der Waals surface area contributed by atoms with Gasteiger partial charge in [-0.05, 0) is 38.7 Å². The molecule has 1 aromatic heterocycles. The van der Waals surface area contributed by atoms with E-state index in [-0.39, 0.29) is 6.03 Å². The minimum Gasteiger partial charge on any atom is -0.490 e. The summed E-state index contributed by atoms with van der Waals surface area (Å²) in [6, 6.07) is 7.60. The second kappa shape index (κ2) is 7.86. The SMILES string of the molecule is Cc1ncoc1CNC(=O)NCc1ccccc1OC1CCCC1. The molecule has 3 rings (SSSR count). The molecular formula is C18H23N3O3. The highest BCUT2D eigenvalue weighted by Crippen LogP contribution is 2.26. The molecule has 1 aliphatic rings. The molecule has 2 N–H and O–H groups in total. The maximum absolute atomic E-state index is 12.0. The first kappa shape index (κ1) is 16.4. The van der Waals surface area contributed by atoms with Crippen LogP contribution in [0.2, 0.25) is 0 Å². The molecule has 2 amide bonds. The normalized spacial score (nSPS) is 14.5. The number of para-hydroxylation sites is 1. The summed E-state index contributed by atoms with van der Waals surface area (Å²) in [7, 11) is 0. The Labute approximate surface area is 141 Å². The van der Waals surface area contributed by atoms with E-state index in [1.807, 2.05) is 31.2 Å². The van der Waals surface area contributed by atoms with Crippen molar-refractivity contribution in [2.45, 2.75) is 51.8 Å². The van der Waals surface area contributed by atoms with Gasteiger partial charge in [0.15, 0.2) is 6.39 Å². The summed E-state index contributed by atoms with van der Waals surface area (Å²) in [6.07, 6.45) is 6.36. The molecule has 1 aromatic carbocycles. The van der Waals surface area contributed by atoms with Crippen molar-refractivity contribution in [1.29, 1.82) is 0 Å². The smallest absolute Gasteiger partial charge is 0.315 e. The highest BCUT2D eigenvalue weighted by atomic mass is 16.5. The Bertz CT molecular complexity index is 678. The summed E-state index contributed by atoms with van der Waals surface area (Å²) in [4.78, 5) is 15.9. The number of carbonyl (C=O) groups excluding carboxylic acids is 1. The maximum atomic E-state index is 12.0. The number of urea groups is 1. The summed E-state index contributed by atoms with van der Waals surface area (Å²) in [6.45, 7) is 2.58. The second-order valence-electron chi connectivity index (χ2n) is 6.03. The Kier molecular flexibility index (Phi) is 5.36. The zero-order chi connectivity index (χ0) is 16.8. The highest BCUT2D eigenvalue weighted by Gasteiger charge is 2.17. The molecule has 0 aliphatic heterocycles. The molecule has 0 spiro atoms. The Hall–Kier alpha value is -2.50. The number of oxazole rings is 1. The number of amides is 2. The number of nitrogens with zero attached hydrogens (tertiary/aromatic N) is 1. The lowest BCUT2D eigenvalue weighted by Gasteiger charge is -2.17. The Morgan fingerprint density at radius 2 is 2.00 bits per heavy atom. The molecule has 0 bridgehead atoms. The van der Waals surface area contributed by atoms with Gasteiger partial charge in [0.2, 0.25) is 0 Å². The monoisotopic (exact) mass is 329 g/mol. The molecule has 0 saturated heterocycles. The van der Waals surface area contributed by atoms with Crippen molar-refractivity contribution in [3.05, 3.63) is 47.7 Å². The van der Waals surface area contributed by atoms with Gasteiger partial charge in [0.1, 0.15) is 11.5 Å². The lowest BCUT2D eigenvalue weighted by Crippen LogP contribution is -2.34. The fraction of sp³-hybridized carbons (Fsp3) is 0.444. The van der Waals surface area contributed by atoms with Gasteiger partial charge in [-0.15, -0.1) is 0 Å². The van der Waals surface area contributed by atoms with Gasteiger partial charge in [-0.2, -0.15) is 0 Å². The van der Waals surface area contributed by atoms with E-state index in [9.17, 15) is 4.79 Å². The predicted octanol–water partition coefficient (Wildman–Crippen LogP) is 3.30. The van der Waals surface area contributed by atoms with Crippen LogP contribution in [0.5, 0.6) is 5.75 Å². The van der Waals surface area contributed by atoms with Crippen LogP contribution in [-0.2, 0) is 13.1 Å². The Balaban J connectivity index is 1.50. The van der Waals surface area contributed by atoms with Crippen molar-refractivity contribution in [3.8, 4) is 5.75 Å². The third kappa shape index (κ3) is 4.28. The molecule has 1 saturated carbocycles. The molecule has 2 aromatic rings. The van der Waals surface area contributed by atoms with Gasteiger partial charge in [-0.3, -0.25) is 0 Å². The third-order valence-corrected chi connectivity index (χ3v) is 4.26. The maximum Gasteiger partial charge on any atom is 0.315 e. The number of hydrogen-bond donors (Lipinski definition) is 2. The van der Waals surface area contributed by atoms with Gasteiger partial charge in [0.25, 0.3) is 0 Å². The molecule has 24 heavy (non-hydrogen) atoms. The lowest BCUT2D eigenvalue weighted by molar-refractivity contribution is 0.207. The summed E-state index contributed by atoms with van der Waals surface area (Å²) in [5, 5.41) is 5.62. The molecule has 128 valence electrons. The van der Waals surface area contributed by atoms with E-state index in [0.717, 1.165) is 29.8 Å². The molecule has 1 aliphatic carbocycles.